The van der Waals surface area contributed by atoms with Gasteiger partial charge in [0.1, 0.15) is 0 Å². The predicted molar refractivity (Wildman–Crippen MR) is 86.0 cm³/mol. The minimum absolute atomic E-state index is 0.215. The summed E-state index contributed by atoms with van der Waals surface area (Å²) in [5.41, 5.74) is 2.30. The van der Waals surface area contributed by atoms with Crippen LogP contribution >= 0.6 is 31.9 Å². The summed E-state index contributed by atoms with van der Waals surface area (Å²) in [5, 5.41) is 3.56. The second kappa shape index (κ2) is 6.64. The van der Waals surface area contributed by atoms with Gasteiger partial charge in [-0.2, -0.15) is 0 Å². The lowest BCUT2D eigenvalue weighted by Gasteiger charge is -2.21. The number of pyridine rings is 1. The van der Waals surface area contributed by atoms with E-state index in [4.69, 9.17) is 0 Å². The first-order valence-corrected chi connectivity index (χ1v) is 7.78. The lowest BCUT2D eigenvalue weighted by atomic mass is 10.1. The van der Waals surface area contributed by atoms with Gasteiger partial charge in [0.2, 0.25) is 0 Å². The zero-order chi connectivity index (χ0) is 13.8. The van der Waals surface area contributed by atoms with E-state index in [1.807, 2.05) is 24.4 Å². The zero-order valence-electron chi connectivity index (χ0n) is 10.9. The third kappa shape index (κ3) is 3.88. The molecule has 0 amide bonds. The summed E-state index contributed by atoms with van der Waals surface area (Å²) in [7, 11) is 0. The maximum absolute atomic E-state index is 4.38. The molecule has 4 heteroatoms. The van der Waals surface area contributed by atoms with Crippen LogP contribution in [0.2, 0.25) is 0 Å². The van der Waals surface area contributed by atoms with E-state index in [1.54, 1.807) is 0 Å². The number of rotatable bonds is 4. The normalized spacial score (nSPS) is 14.1. The van der Waals surface area contributed by atoms with Gasteiger partial charge in [-0.25, -0.2) is 0 Å². The van der Waals surface area contributed by atoms with E-state index in [0.717, 1.165) is 14.6 Å². The van der Waals surface area contributed by atoms with E-state index >= 15 is 0 Å². The van der Waals surface area contributed by atoms with Crippen LogP contribution < -0.4 is 5.32 Å². The Labute approximate surface area is 130 Å². The molecule has 2 aromatic rings. The number of halogens is 2. The minimum Gasteiger partial charge on any atom is -0.302 e. The average molecular weight is 384 g/mol. The van der Waals surface area contributed by atoms with Crippen molar-refractivity contribution >= 4 is 31.9 Å². The summed E-state index contributed by atoms with van der Waals surface area (Å²) in [6.07, 6.45) is 1.83. The van der Waals surface area contributed by atoms with Gasteiger partial charge in [0.15, 0.2) is 0 Å². The third-order valence-corrected chi connectivity index (χ3v) is 4.24. The molecule has 0 aliphatic rings. The highest BCUT2D eigenvalue weighted by atomic mass is 79.9. The van der Waals surface area contributed by atoms with Crippen LogP contribution in [0.4, 0.5) is 0 Å². The van der Waals surface area contributed by atoms with Gasteiger partial charge < -0.3 is 5.32 Å². The number of nitrogens with one attached hydrogen (secondary N) is 1. The Morgan fingerprint density at radius 2 is 1.84 bits per heavy atom. The molecule has 19 heavy (non-hydrogen) atoms. The van der Waals surface area contributed by atoms with Crippen LogP contribution in [0, 0.1) is 0 Å². The fourth-order valence-electron chi connectivity index (χ4n) is 2.03. The molecule has 1 N–H and O–H groups in total. The summed E-state index contributed by atoms with van der Waals surface area (Å²) in [4.78, 5) is 4.38. The van der Waals surface area contributed by atoms with Gasteiger partial charge in [-0.1, -0.05) is 44.0 Å². The van der Waals surface area contributed by atoms with Gasteiger partial charge in [0, 0.05) is 27.2 Å². The highest BCUT2D eigenvalue weighted by Gasteiger charge is 2.14. The number of benzene rings is 1. The van der Waals surface area contributed by atoms with Gasteiger partial charge in [-0.15, -0.1) is 0 Å². The Hall–Kier alpha value is -0.710. The van der Waals surface area contributed by atoms with Crippen molar-refractivity contribution in [2.24, 2.45) is 0 Å². The molecule has 1 heterocycles. The van der Waals surface area contributed by atoms with E-state index < -0.39 is 0 Å². The molecule has 2 rings (SSSR count). The molecule has 0 saturated carbocycles. The fraction of sp³-hybridized carbons (Fsp3) is 0.267. The highest BCUT2D eigenvalue weighted by molar-refractivity contribution is 9.11. The van der Waals surface area contributed by atoms with Crippen molar-refractivity contribution in [2.45, 2.75) is 25.9 Å². The maximum Gasteiger partial charge on any atom is 0.0570 e. The van der Waals surface area contributed by atoms with Crippen LogP contribution in [-0.4, -0.2) is 4.98 Å². The molecule has 2 atom stereocenters. The Kier molecular flexibility index (Phi) is 5.13. The Morgan fingerprint density at radius 3 is 2.47 bits per heavy atom. The van der Waals surface area contributed by atoms with Crippen molar-refractivity contribution in [3.8, 4) is 0 Å². The summed E-state index contributed by atoms with van der Waals surface area (Å²) in [6.45, 7) is 4.29. The average Bonchev–Trinajstić information content (AvgIpc) is 2.39. The topological polar surface area (TPSA) is 24.9 Å². The van der Waals surface area contributed by atoms with E-state index in [-0.39, 0.29) is 12.1 Å². The van der Waals surface area contributed by atoms with E-state index in [0.29, 0.717) is 0 Å². The van der Waals surface area contributed by atoms with Crippen molar-refractivity contribution in [2.75, 3.05) is 0 Å². The molecule has 0 saturated heterocycles. The first-order chi connectivity index (χ1) is 9.08. The summed E-state index contributed by atoms with van der Waals surface area (Å²) in [5.74, 6) is 0. The Morgan fingerprint density at radius 1 is 1.05 bits per heavy atom. The fourth-order valence-corrected chi connectivity index (χ4v) is 3.43. The molecule has 0 bridgehead atoms. The number of aromatic nitrogens is 1. The van der Waals surface area contributed by atoms with E-state index in [1.165, 1.54) is 5.56 Å². The van der Waals surface area contributed by atoms with E-state index in [9.17, 15) is 0 Å². The number of nitrogens with zero attached hydrogens (tertiary/aromatic N) is 1. The third-order valence-electron chi connectivity index (χ3n) is 3.06. The molecule has 1 aromatic carbocycles. The van der Waals surface area contributed by atoms with Crippen LogP contribution in [-0.2, 0) is 0 Å². The smallest absolute Gasteiger partial charge is 0.0570 e. The number of hydrogen-bond donors (Lipinski definition) is 1. The Balaban J connectivity index is 2.10. The summed E-state index contributed by atoms with van der Waals surface area (Å²) >= 11 is 7.08. The van der Waals surface area contributed by atoms with Gasteiger partial charge in [-0.05, 0) is 43.7 Å². The maximum atomic E-state index is 4.38. The van der Waals surface area contributed by atoms with Gasteiger partial charge in [0.25, 0.3) is 0 Å². The van der Waals surface area contributed by atoms with Crippen molar-refractivity contribution in [1.82, 2.24) is 10.3 Å². The van der Waals surface area contributed by atoms with Gasteiger partial charge >= 0.3 is 0 Å². The van der Waals surface area contributed by atoms with E-state index in [2.05, 4.69) is 74.2 Å². The van der Waals surface area contributed by atoms with Gasteiger partial charge in [-0.3, -0.25) is 4.98 Å². The van der Waals surface area contributed by atoms with Crippen LogP contribution in [0.15, 0.2) is 51.5 Å². The molecular weight excluding hydrogens is 368 g/mol. The molecule has 1 unspecified atom stereocenters. The lowest BCUT2D eigenvalue weighted by molar-refractivity contribution is 0.485. The SMILES string of the molecule is CC(N[C@H](C)c1ccccn1)c1ccc(Br)cc1Br. The van der Waals surface area contributed by atoms with Crippen molar-refractivity contribution in [3.63, 3.8) is 0 Å². The highest BCUT2D eigenvalue weighted by Crippen LogP contribution is 2.28. The van der Waals surface area contributed by atoms with Crippen LogP contribution in [0.5, 0.6) is 0 Å². The monoisotopic (exact) mass is 382 g/mol. The van der Waals surface area contributed by atoms with Crippen molar-refractivity contribution in [3.05, 3.63) is 62.8 Å². The van der Waals surface area contributed by atoms with Crippen molar-refractivity contribution < 1.29 is 0 Å². The zero-order valence-corrected chi connectivity index (χ0v) is 14.1. The van der Waals surface area contributed by atoms with Crippen LogP contribution in [0.3, 0.4) is 0 Å². The quantitative estimate of drug-likeness (QED) is 0.801. The first kappa shape index (κ1) is 14.7. The molecule has 0 fully saturated rings. The molecule has 0 radical (unpaired) electrons. The molecule has 0 aliphatic heterocycles. The standard InChI is InChI=1S/C15H16Br2N2/c1-10(13-7-6-12(16)9-14(13)17)19-11(2)15-5-3-4-8-18-15/h3-11,19H,1-2H3/t10?,11-/m1/s1. The van der Waals surface area contributed by atoms with Crippen LogP contribution in [0.1, 0.15) is 37.2 Å². The largest absolute Gasteiger partial charge is 0.302 e. The lowest BCUT2D eigenvalue weighted by Crippen LogP contribution is -2.23. The molecule has 100 valence electrons. The predicted octanol–water partition coefficient (Wildman–Crippen LogP) is 5.02. The molecule has 1 aromatic heterocycles. The minimum atomic E-state index is 0.215. The molecule has 0 spiro atoms. The Bertz CT molecular complexity index is 543. The molecule has 2 nitrogen and oxygen atoms in total. The number of hydrogen-bond acceptors (Lipinski definition) is 2. The summed E-state index contributed by atoms with van der Waals surface area (Å²) < 4.78 is 2.18. The second-order valence-electron chi connectivity index (χ2n) is 4.53. The first-order valence-electron chi connectivity index (χ1n) is 6.20. The molecule has 0 aliphatic carbocycles. The molecular formula is C15H16Br2N2. The van der Waals surface area contributed by atoms with Crippen LogP contribution in [0.25, 0.3) is 0 Å². The van der Waals surface area contributed by atoms with Crippen molar-refractivity contribution in [1.29, 1.82) is 0 Å². The van der Waals surface area contributed by atoms with Gasteiger partial charge in [0.05, 0.1) is 5.69 Å². The summed E-state index contributed by atoms with van der Waals surface area (Å²) in [6, 6.07) is 12.7. The second-order valence-corrected chi connectivity index (χ2v) is 6.30.